The fourth-order valence-corrected chi connectivity index (χ4v) is 5.47. The third kappa shape index (κ3) is 4.82. The molecule has 0 bridgehead atoms. The third-order valence-corrected chi connectivity index (χ3v) is 7.51. The maximum Gasteiger partial charge on any atom is 0.341 e. The van der Waals surface area contributed by atoms with Crippen LogP contribution in [0.4, 0.5) is 5.69 Å². The van der Waals surface area contributed by atoms with E-state index in [1.807, 2.05) is 18.2 Å². The summed E-state index contributed by atoms with van der Waals surface area (Å²) in [7, 11) is -2.48. The first kappa shape index (κ1) is 23.5. The predicted octanol–water partition coefficient (Wildman–Crippen LogP) is 4.27. The molecule has 0 unspecified atom stereocenters. The van der Waals surface area contributed by atoms with Gasteiger partial charge in [-0.15, -0.1) is 0 Å². The van der Waals surface area contributed by atoms with E-state index in [9.17, 15) is 18.0 Å². The standard InChI is InChI=1S/C26H25NO6S/c1-32-25-14-13-21(34(30,31)27-16-15-19-8-5-6-11-23(19)27)18-22(25)26(29)33-17-7-12-24(28)20-9-3-2-4-10-20/h2-6,8-11,13-14,18H,7,12,15-17H2,1H3. The maximum absolute atomic E-state index is 13.3. The Kier molecular flexibility index (Phi) is 6.98. The Hall–Kier alpha value is -3.65. The molecule has 0 saturated heterocycles. The summed E-state index contributed by atoms with van der Waals surface area (Å²) in [5, 5.41) is 0. The number of hydrogen-bond acceptors (Lipinski definition) is 6. The van der Waals surface area contributed by atoms with E-state index in [4.69, 9.17) is 9.47 Å². The van der Waals surface area contributed by atoms with Gasteiger partial charge in [-0.3, -0.25) is 9.10 Å². The zero-order chi connectivity index (χ0) is 24.1. The highest BCUT2D eigenvalue weighted by molar-refractivity contribution is 7.92. The molecule has 3 aromatic carbocycles. The normalized spacial score (nSPS) is 12.8. The highest BCUT2D eigenvalue weighted by Gasteiger charge is 2.31. The summed E-state index contributed by atoms with van der Waals surface area (Å²) in [5.74, 6) is -0.526. The summed E-state index contributed by atoms with van der Waals surface area (Å²) in [5.41, 5.74) is 2.23. The van der Waals surface area contributed by atoms with E-state index in [2.05, 4.69) is 0 Å². The Bertz CT molecular complexity index is 1300. The van der Waals surface area contributed by atoms with Gasteiger partial charge in [-0.05, 0) is 42.7 Å². The van der Waals surface area contributed by atoms with Gasteiger partial charge < -0.3 is 9.47 Å². The van der Waals surface area contributed by atoms with Gasteiger partial charge in [-0.2, -0.15) is 0 Å². The van der Waals surface area contributed by atoms with Gasteiger partial charge in [0.2, 0.25) is 0 Å². The topological polar surface area (TPSA) is 90.0 Å². The maximum atomic E-state index is 13.3. The van der Waals surface area contributed by atoms with Gasteiger partial charge in [0, 0.05) is 18.5 Å². The van der Waals surface area contributed by atoms with E-state index in [1.54, 1.807) is 36.4 Å². The van der Waals surface area contributed by atoms with Crippen molar-refractivity contribution in [2.24, 2.45) is 0 Å². The van der Waals surface area contributed by atoms with E-state index in [0.717, 1.165) is 5.56 Å². The number of fused-ring (bicyclic) bond motifs is 1. The van der Waals surface area contributed by atoms with Crippen LogP contribution in [-0.4, -0.2) is 40.4 Å². The number of para-hydroxylation sites is 1. The molecule has 176 valence electrons. The summed E-state index contributed by atoms with van der Waals surface area (Å²) in [4.78, 5) is 24.9. The monoisotopic (exact) mass is 479 g/mol. The second-order valence-electron chi connectivity index (χ2n) is 7.85. The minimum atomic E-state index is -3.87. The van der Waals surface area contributed by atoms with Gasteiger partial charge >= 0.3 is 5.97 Å². The summed E-state index contributed by atoms with van der Waals surface area (Å²) < 4.78 is 38.6. The van der Waals surface area contributed by atoms with Crippen molar-refractivity contribution in [1.82, 2.24) is 0 Å². The van der Waals surface area contributed by atoms with Gasteiger partial charge in [0.1, 0.15) is 11.3 Å². The number of benzene rings is 3. The molecular formula is C26H25NO6S. The molecule has 1 aliphatic rings. The first-order valence-electron chi connectivity index (χ1n) is 11.0. The summed E-state index contributed by atoms with van der Waals surface area (Å²) in [6.07, 6.45) is 1.21. The molecule has 0 saturated carbocycles. The fourth-order valence-electron chi connectivity index (χ4n) is 3.94. The number of anilines is 1. The smallest absolute Gasteiger partial charge is 0.341 e. The number of nitrogens with zero attached hydrogens (tertiary/aromatic N) is 1. The molecule has 3 aromatic rings. The number of rotatable bonds is 9. The van der Waals surface area contributed by atoms with Crippen molar-refractivity contribution < 1.29 is 27.5 Å². The van der Waals surface area contributed by atoms with Crippen molar-refractivity contribution >= 4 is 27.5 Å². The molecule has 0 fully saturated rings. The minimum Gasteiger partial charge on any atom is -0.496 e. The van der Waals surface area contributed by atoms with Crippen LogP contribution >= 0.6 is 0 Å². The van der Waals surface area contributed by atoms with Crippen LogP contribution < -0.4 is 9.04 Å². The quantitative estimate of drug-likeness (QED) is 0.259. The number of sulfonamides is 1. The predicted molar refractivity (Wildman–Crippen MR) is 128 cm³/mol. The number of ether oxygens (including phenoxy) is 2. The van der Waals surface area contributed by atoms with Gasteiger partial charge in [0.05, 0.1) is 24.3 Å². The van der Waals surface area contributed by atoms with Crippen molar-refractivity contribution in [2.75, 3.05) is 24.6 Å². The Morgan fingerprint density at radius 1 is 0.971 bits per heavy atom. The molecule has 0 aliphatic carbocycles. The molecule has 4 rings (SSSR count). The van der Waals surface area contributed by atoms with E-state index in [1.165, 1.54) is 29.6 Å². The van der Waals surface area contributed by atoms with E-state index in [0.29, 0.717) is 30.6 Å². The Morgan fingerprint density at radius 2 is 1.71 bits per heavy atom. The van der Waals surface area contributed by atoms with Crippen molar-refractivity contribution in [1.29, 1.82) is 0 Å². The molecule has 1 heterocycles. The van der Waals surface area contributed by atoms with Crippen LogP contribution in [-0.2, 0) is 21.2 Å². The second-order valence-corrected chi connectivity index (χ2v) is 9.71. The number of Topliss-reactive ketones (excluding diaryl/α,β-unsaturated/α-hetero) is 1. The largest absolute Gasteiger partial charge is 0.496 e. The lowest BCUT2D eigenvalue weighted by atomic mass is 10.1. The Labute approximate surface area is 199 Å². The number of ketones is 1. The zero-order valence-corrected chi connectivity index (χ0v) is 19.6. The van der Waals surface area contributed by atoms with Gasteiger partial charge in [0.25, 0.3) is 10.0 Å². The van der Waals surface area contributed by atoms with Crippen molar-refractivity contribution in [3.05, 3.63) is 89.5 Å². The number of hydrogen-bond donors (Lipinski definition) is 0. The van der Waals surface area contributed by atoms with Crippen LogP contribution in [0.3, 0.4) is 0 Å². The summed E-state index contributed by atoms with van der Waals surface area (Å²) >= 11 is 0. The first-order valence-corrected chi connectivity index (χ1v) is 12.4. The molecule has 0 N–H and O–H groups in total. The van der Waals surface area contributed by atoms with Gasteiger partial charge in [-0.25, -0.2) is 13.2 Å². The van der Waals surface area contributed by atoms with Gasteiger partial charge in [0.15, 0.2) is 5.78 Å². The summed E-state index contributed by atoms with van der Waals surface area (Å²) in [6.45, 7) is 0.361. The lowest BCUT2D eigenvalue weighted by molar-refractivity contribution is 0.0490. The molecule has 0 atom stereocenters. The average Bonchev–Trinajstić information content (AvgIpc) is 3.31. The van der Waals surface area contributed by atoms with E-state index < -0.39 is 16.0 Å². The molecular weight excluding hydrogens is 454 g/mol. The Balaban J connectivity index is 1.46. The average molecular weight is 480 g/mol. The van der Waals surface area contributed by atoms with Crippen LogP contribution in [0.2, 0.25) is 0 Å². The highest BCUT2D eigenvalue weighted by atomic mass is 32.2. The molecule has 7 nitrogen and oxygen atoms in total. The SMILES string of the molecule is COc1ccc(S(=O)(=O)N2CCc3ccccc32)cc1C(=O)OCCCC(=O)c1ccccc1. The molecule has 34 heavy (non-hydrogen) atoms. The lowest BCUT2D eigenvalue weighted by Gasteiger charge is -2.20. The van der Waals surface area contributed by atoms with Crippen molar-refractivity contribution in [3.63, 3.8) is 0 Å². The lowest BCUT2D eigenvalue weighted by Crippen LogP contribution is -2.29. The zero-order valence-electron chi connectivity index (χ0n) is 18.8. The highest BCUT2D eigenvalue weighted by Crippen LogP contribution is 2.34. The van der Waals surface area contributed by atoms with E-state index >= 15 is 0 Å². The van der Waals surface area contributed by atoms with Crippen LogP contribution in [0.25, 0.3) is 0 Å². The van der Waals surface area contributed by atoms with Crippen LogP contribution in [0, 0.1) is 0 Å². The second kappa shape index (κ2) is 10.1. The van der Waals surface area contributed by atoms with Crippen LogP contribution in [0.5, 0.6) is 5.75 Å². The number of carbonyl (C=O) groups excluding carboxylic acids is 2. The Morgan fingerprint density at radius 3 is 2.47 bits per heavy atom. The summed E-state index contributed by atoms with van der Waals surface area (Å²) in [6, 6.07) is 20.4. The van der Waals surface area contributed by atoms with Crippen molar-refractivity contribution in [3.8, 4) is 5.75 Å². The van der Waals surface area contributed by atoms with Crippen LogP contribution in [0.1, 0.15) is 39.1 Å². The molecule has 1 aliphatic heterocycles. The number of esters is 1. The van der Waals surface area contributed by atoms with Crippen LogP contribution in [0.15, 0.2) is 77.7 Å². The minimum absolute atomic E-state index is 0.0174. The van der Waals surface area contributed by atoms with Gasteiger partial charge in [-0.1, -0.05) is 48.5 Å². The fraction of sp³-hybridized carbons (Fsp3) is 0.231. The molecule has 0 spiro atoms. The molecule has 0 amide bonds. The third-order valence-electron chi connectivity index (χ3n) is 5.70. The molecule has 0 radical (unpaired) electrons. The molecule has 0 aromatic heterocycles. The number of carbonyl (C=O) groups is 2. The number of methoxy groups -OCH3 is 1. The van der Waals surface area contributed by atoms with E-state index in [-0.39, 0.29) is 35.0 Å². The van der Waals surface area contributed by atoms with Crippen molar-refractivity contribution in [2.45, 2.75) is 24.2 Å². The first-order chi connectivity index (χ1) is 16.4. The molecule has 8 heteroatoms.